The van der Waals surface area contributed by atoms with Crippen LogP contribution in [-0.2, 0) is 12.6 Å². The number of alkyl halides is 1. The predicted molar refractivity (Wildman–Crippen MR) is 136 cm³/mol. The van der Waals surface area contributed by atoms with Crippen LogP contribution in [0.3, 0.4) is 0 Å². The topological polar surface area (TPSA) is 0 Å². The summed E-state index contributed by atoms with van der Waals surface area (Å²) in [4.78, 5) is 0. The molecule has 0 fully saturated rings. The van der Waals surface area contributed by atoms with Crippen molar-refractivity contribution in [2.24, 2.45) is 5.92 Å². The standard InChI is InChI=1S/C26H37ClP2/c1-3-5-11-20-17-19-12-7-9-14-22(19)24(28)25-23-15-10-8-13-21(23)18-29(25,26(20)27)16-6-4-2/h7-10,12-15,20,24-26,29H,3-6,11,16-18,28H2,1-2H3/t20-,24-,25-,26?/m1/s1. The summed E-state index contributed by atoms with van der Waals surface area (Å²) in [6.45, 7) is 4.66. The van der Waals surface area contributed by atoms with E-state index in [1.807, 2.05) is 0 Å². The molecule has 3 heteroatoms. The molecule has 5 atom stereocenters. The molecule has 0 N–H and O–H groups in total. The van der Waals surface area contributed by atoms with Crippen LogP contribution < -0.4 is 0 Å². The van der Waals surface area contributed by atoms with E-state index in [2.05, 4.69) is 71.6 Å². The summed E-state index contributed by atoms with van der Waals surface area (Å²) >= 11 is 7.66. The number of hydrogen-bond donors (Lipinski definition) is 0. The fourth-order valence-electron chi connectivity index (χ4n) is 6.28. The molecule has 4 rings (SSSR count). The zero-order valence-corrected chi connectivity index (χ0v) is 21.0. The van der Waals surface area contributed by atoms with Crippen molar-refractivity contribution < 1.29 is 0 Å². The normalized spacial score (nSPS) is 28.6. The van der Waals surface area contributed by atoms with E-state index in [-0.39, 0.29) is 0 Å². The number of hydrogen-bond acceptors (Lipinski definition) is 0. The SMILES string of the molecule is CCCC[C@@H]1Cc2ccccc2[C@@H](P)[C@H]2c3ccccc3C[PH]2(CCCC)C1Cl. The zero-order chi connectivity index (χ0) is 20.4. The predicted octanol–water partition coefficient (Wildman–Crippen LogP) is 8.34. The second-order valence-corrected chi connectivity index (χ2v) is 15.5. The van der Waals surface area contributed by atoms with Gasteiger partial charge in [-0.1, -0.05) is 0 Å². The van der Waals surface area contributed by atoms with Gasteiger partial charge in [0, 0.05) is 0 Å². The summed E-state index contributed by atoms with van der Waals surface area (Å²) in [5.74, 6) is 0.621. The first kappa shape index (κ1) is 21.8. The van der Waals surface area contributed by atoms with Crippen LogP contribution in [0.1, 0.15) is 79.5 Å². The van der Waals surface area contributed by atoms with Gasteiger partial charge in [-0.15, -0.1) is 0 Å². The minimum absolute atomic E-state index is 0.370. The molecule has 0 saturated heterocycles. The molecule has 2 aromatic rings. The summed E-state index contributed by atoms with van der Waals surface area (Å²) in [6, 6.07) is 18.6. The Hall–Kier alpha value is -0.410. The van der Waals surface area contributed by atoms with Crippen molar-refractivity contribution in [1.29, 1.82) is 0 Å². The fraction of sp³-hybridized carbons (Fsp3) is 0.538. The van der Waals surface area contributed by atoms with Gasteiger partial charge in [0.05, 0.1) is 0 Å². The van der Waals surface area contributed by atoms with Crippen molar-refractivity contribution in [1.82, 2.24) is 0 Å². The van der Waals surface area contributed by atoms with E-state index in [0.717, 1.165) is 0 Å². The Kier molecular flexibility index (Phi) is 7.06. The molecule has 0 radical (unpaired) electrons. The van der Waals surface area contributed by atoms with Gasteiger partial charge in [-0.05, 0) is 0 Å². The fourth-order valence-corrected chi connectivity index (χ4v) is 15.7. The molecular formula is C26H37ClP2. The maximum absolute atomic E-state index is 7.66. The second-order valence-electron chi connectivity index (χ2n) is 9.42. The molecule has 0 saturated carbocycles. The number of fused-ring (bicyclic) bond motifs is 4. The Morgan fingerprint density at radius 3 is 2.31 bits per heavy atom. The number of benzene rings is 2. The van der Waals surface area contributed by atoms with Crippen LogP contribution in [0.25, 0.3) is 0 Å². The molecule has 158 valence electrons. The average molecular weight is 447 g/mol. The Morgan fingerprint density at radius 1 is 0.931 bits per heavy atom. The van der Waals surface area contributed by atoms with Crippen molar-refractivity contribution in [2.45, 2.75) is 75.0 Å². The van der Waals surface area contributed by atoms with Gasteiger partial charge < -0.3 is 0 Å². The zero-order valence-electron chi connectivity index (χ0n) is 18.0. The van der Waals surface area contributed by atoms with E-state index in [1.165, 1.54) is 50.8 Å². The third-order valence-electron chi connectivity index (χ3n) is 7.67. The third-order valence-corrected chi connectivity index (χ3v) is 16.3. The Labute approximate surface area is 185 Å². The van der Waals surface area contributed by atoms with Crippen molar-refractivity contribution >= 4 is 28.1 Å². The van der Waals surface area contributed by atoms with E-state index in [1.54, 1.807) is 22.3 Å². The molecule has 2 heterocycles. The van der Waals surface area contributed by atoms with Crippen molar-refractivity contribution in [3.05, 3.63) is 70.8 Å². The Bertz CT molecular complexity index is 835. The molecule has 0 spiro atoms. The molecule has 2 unspecified atom stereocenters. The maximum atomic E-state index is 7.66. The summed E-state index contributed by atoms with van der Waals surface area (Å²) in [5, 5.41) is 0.370. The molecule has 0 bridgehead atoms. The minimum atomic E-state index is -1.76. The van der Waals surface area contributed by atoms with Gasteiger partial charge >= 0.3 is 186 Å². The van der Waals surface area contributed by atoms with Gasteiger partial charge in [0.1, 0.15) is 0 Å². The van der Waals surface area contributed by atoms with E-state index in [9.17, 15) is 0 Å². The molecule has 29 heavy (non-hydrogen) atoms. The first-order valence-corrected chi connectivity index (χ1v) is 15.3. The van der Waals surface area contributed by atoms with Gasteiger partial charge in [0.25, 0.3) is 0 Å². The summed E-state index contributed by atoms with van der Waals surface area (Å²) in [6.07, 6.45) is 10.3. The molecular weight excluding hydrogens is 410 g/mol. The van der Waals surface area contributed by atoms with Crippen molar-refractivity contribution in [3.8, 4) is 0 Å². The van der Waals surface area contributed by atoms with Crippen molar-refractivity contribution in [3.63, 3.8) is 0 Å². The number of rotatable bonds is 6. The van der Waals surface area contributed by atoms with E-state index in [4.69, 9.17) is 11.6 Å². The molecule has 0 nitrogen and oxygen atoms in total. The van der Waals surface area contributed by atoms with Gasteiger partial charge in [-0.25, -0.2) is 0 Å². The van der Waals surface area contributed by atoms with Gasteiger partial charge in [0.2, 0.25) is 0 Å². The molecule has 0 aromatic heterocycles. The quantitative estimate of drug-likeness (QED) is 0.309. The second kappa shape index (κ2) is 9.39. The summed E-state index contributed by atoms with van der Waals surface area (Å²) in [7, 11) is 1.52. The average Bonchev–Trinajstić information content (AvgIpc) is 3.08. The first-order chi connectivity index (χ1) is 14.1. The molecule has 2 aromatic carbocycles. The third kappa shape index (κ3) is 3.95. The van der Waals surface area contributed by atoms with Gasteiger partial charge in [0.15, 0.2) is 0 Å². The molecule has 0 aliphatic carbocycles. The van der Waals surface area contributed by atoms with Crippen LogP contribution in [0.2, 0.25) is 0 Å². The van der Waals surface area contributed by atoms with Gasteiger partial charge in [-0.3, -0.25) is 0 Å². The van der Waals surface area contributed by atoms with Crippen molar-refractivity contribution in [2.75, 3.05) is 6.16 Å². The Balaban J connectivity index is 1.88. The van der Waals surface area contributed by atoms with E-state index < -0.39 is 7.26 Å². The van der Waals surface area contributed by atoms with Crippen LogP contribution in [0.4, 0.5) is 0 Å². The van der Waals surface area contributed by atoms with Crippen LogP contribution in [0.15, 0.2) is 48.5 Å². The van der Waals surface area contributed by atoms with Crippen LogP contribution >= 0.6 is 28.1 Å². The summed E-state index contributed by atoms with van der Waals surface area (Å²) < 4.78 is 0. The van der Waals surface area contributed by atoms with Gasteiger partial charge in [-0.2, -0.15) is 0 Å². The van der Waals surface area contributed by atoms with Crippen LogP contribution in [0.5, 0.6) is 0 Å². The molecule has 2 aliphatic rings. The molecule has 0 amide bonds. The number of halogens is 1. The van der Waals surface area contributed by atoms with E-state index >= 15 is 0 Å². The monoisotopic (exact) mass is 446 g/mol. The molecule has 2 aliphatic heterocycles. The summed E-state index contributed by atoms with van der Waals surface area (Å²) in [5.41, 5.74) is 7.45. The van der Waals surface area contributed by atoms with Crippen LogP contribution in [-0.4, -0.2) is 11.3 Å². The van der Waals surface area contributed by atoms with Crippen LogP contribution in [0, 0.1) is 5.92 Å². The van der Waals surface area contributed by atoms with E-state index in [0.29, 0.717) is 22.4 Å². The number of unbranched alkanes of at least 4 members (excludes halogenated alkanes) is 2. The first-order valence-electron chi connectivity index (χ1n) is 11.7. The Morgan fingerprint density at radius 2 is 1.59 bits per heavy atom.